The molecule has 0 radical (unpaired) electrons. The van der Waals surface area contributed by atoms with E-state index in [0.717, 1.165) is 30.5 Å². The minimum Gasteiger partial charge on any atom is -0.379 e. The number of benzene rings is 2. The van der Waals surface area contributed by atoms with Gasteiger partial charge in [-0.1, -0.05) is 60.8 Å². The van der Waals surface area contributed by atoms with Crippen LogP contribution in [0.15, 0.2) is 54.6 Å². The van der Waals surface area contributed by atoms with E-state index in [0.29, 0.717) is 10.7 Å². The molecule has 1 amide bonds. The van der Waals surface area contributed by atoms with Crippen LogP contribution in [0.2, 0.25) is 5.02 Å². The smallest absolute Gasteiger partial charge is 0.250 e. The van der Waals surface area contributed by atoms with Crippen molar-refractivity contribution in [3.05, 3.63) is 70.8 Å². The molecule has 25 heavy (non-hydrogen) atoms. The lowest BCUT2D eigenvalue weighted by Gasteiger charge is -2.38. The summed E-state index contributed by atoms with van der Waals surface area (Å²) in [4.78, 5) is 12.6. The zero-order valence-electron chi connectivity index (χ0n) is 14.0. The molecule has 4 heteroatoms. The fourth-order valence-corrected chi connectivity index (χ4v) is 4.21. The van der Waals surface area contributed by atoms with Gasteiger partial charge in [0.1, 0.15) is 0 Å². The Morgan fingerprint density at radius 2 is 1.80 bits per heavy atom. The summed E-state index contributed by atoms with van der Waals surface area (Å²) in [6.45, 7) is 0. The van der Waals surface area contributed by atoms with Crippen LogP contribution >= 0.6 is 11.6 Å². The first-order chi connectivity index (χ1) is 12.2. The summed E-state index contributed by atoms with van der Waals surface area (Å²) in [6.07, 6.45) is 7.51. The number of para-hydroxylation sites is 1. The van der Waals surface area contributed by atoms with E-state index < -0.39 is 0 Å². The lowest BCUT2D eigenvalue weighted by molar-refractivity contribution is -0.111. The predicted molar refractivity (Wildman–Crippen MR) is 103 cm³/mol. The Labute approximate surface area is 153 Å². The van der Waals surface area contributed by atoms with Gasteiger partial charge in [-0.15, -0.1) is 0 Å². The van der Waals surface area contributed by atoms with Crippen LogP contribution in [0.3, 0.4) is 0 Å². The average Bonchev–Trinajstić information content (AvgIpc) is 3.04. The highest BCUT2D eigenvalue weighted by Crippen LogP contribution is 2.39. The van der Waals surface area contributed by atoms with Crippen molar-refractivity contribution < 1.29 is 4.79 Å². The van der Waals surface area contributed by atoms with E-state index in [1.807, 2.05) is 18.2 Å². The van der Waals surface area contributed by atoms with Gasteiger partial charge in [0.2, 0.25) is 0 Å². The molecule has 2 aromatic rings. The number of carbonyl (C=O) groups is 1. The van der Waals surface area contributed by atoms with E-state index in [-0.39, 0.29) is 11.4 Å². The first-order valence-electron chi connectivity index (χ1n) is 8.79. The molecule has 0 unspecified atom stereocenters. The first kappa shape index (κ1) is 16.2. The third-order valence-corrected chi connectivity index (χ3v) is 5.53. The van der Waals surface area contributed by atoms with Crippen molar-refractivity contribution in [1.82, 2.24) is 5.32 Å². The van der Waals surface area contributed by atoms with Crippen molar-refractivity contribution in [2.24, 2.45) is 0 Å². The predicted octanol–water partition coefficient (Wildman–Crippen LogP) is 4.78. The van der Waals surface area contributed by atoms with E-state index in [1.54, 1.807) is 18.2 Å². The van der Waals surface area contributed by atoms with Crippen LogP contribution in [-0.4, -0.2) is 11.4 Å². The molecule has 0 aromatic heterocycles. The minimum absolute atomic E-state index is 0.102. The molecule has 2 aromatic carbocycles. The molecule has 0 saturated heterocycles. The van der Waals surface area contributed by atoms with Gasteiger partial charge < -0.3 is 10.6 Å². The lowest BCUT2D eigenvalue weighted by Crippen LogP contribution is -2.47. The molecule has 1 saturated carbocycles. The van der Waals surface area contributed by atoms with Gasteiger partial charge in [0.25, 0.3) is 5.91 Å². The van der Waals surface area contributed by atoms with Crippen LogP contribution in [0.4, 0.5) is 5.69 Å². The summed E-state index contributed by atoms with van der Waals surface area (Å²) in [6, 6.07) is 15.6. The molecule has 2 N–H and O–H groups in total. The van der Waals surface area contributed by atoms with E-state index in [2.05, 4.69) is 28.8 Å². The minimum atomic E-state index is -0.166. The summed E-state index contributed by atoms with van der Waals surface area (Å²) in [5, 5.41) is 7.10. The van der Waals surface area contributed by atoms with Gasteiger partial charge >= 0.3 is 0 Å². The quantitative estimate of drug-likeness (QED) is 0.764. The van der Waals surface area contributed by atoms with Crippen LogP contribution in [-0.2, 0) is 11.2 Å². The summed E-state index contributed by atoms with van der Waals surface area (Å²) in [5.41, 5.74) is 4.08. The van der Waals surface area contributed by atoms with Gasteiger partial charge in [-0.2, -0.15) is 0 Å². The van der Waals surface area contributed by atoms with Gasteiger partial charge in [0.05, 0.1) is 10.7 Å². The first-order valence-corrected chi connectivity index (χ1v) is 9.17. The van der Waals surface area contributed by atoms with Crippen LogP contribution in [0.25, 0.3) is 5.70 Å². The molecule has 1 heterocycles. The third-order valence-electron chi connectivity index (χ3n) is 5.20. The molecule has 1 spiro atoms. The number of fused-ring (bicyclic) bond motifs is 1. The molecule has 0 bridgehead atoms. The van der Waals surface area contributed by atoms with Crippen molar-refractivity contribution in [3.8, 4) is 0 Å². The number of hydrogen-bond acceptors (Lipinski definition) is 2. The third kappa shape index (κ3) is 3.29. The van der Waals surface area contributed by atoms with E-state index in [1.165, 1.54) is 18.4 Å². The largest absolute Gasteiger partial charge is 0.379 e. The number of hydrogen-bond donors (Lipinski definition) is 2. The number of anilines is 1. The summed E-state index contributed by atoms with van der Waals surface area (Å²) < 4.78 is 0. The fraction of sp³-hybridized carbons (Fsp3) is 0.286. The van der Waals surface area contributed by atoms with E-state index >= 15 is 0 Å². The second-order valence-corrected chi connectivity index (χ2v) is 7.38. The Morgan fingerprint density at radius 1 is 1.08 bits per heavy atom. The van der Waals surface area contributed by atoms with E-state index in [4.69, 9.17) is 11.6 Å². The summed E-state index contributed by atoms with van der Waals surface area (Å²) >= 11 is 6.14. The Balaban J connectivity index is 1.64. The van der Waals surface area contributed by atoms with E-state index in [9.17, 15) is 4.79 Å². The van der Waals surface area contributed by atoms with Crippen LogP contribution in [0, 0.1) is 0 Å². The van der Waals surface area contributed by atoms with Gasteiger partial charge in [-0.3, -0.25) is 4.79 Å². The fourth-order valence-electron chi connectivity index (χ4n) is 4.03. The molecule has 4 rings (SSSR count). The highest BCUT2D eigenvalue weighted by atomic mass is 35.5. The zero-order chi connectivity index (χ0) is 17.3. The standard InChI is InChI=1S/C21H21ClN2O/c22-17-9-3-4-10-18(17)23-20(25)13-19-16-8-2-1-7-15(16)14-21(24-19)11-5-6-12-21/h1-4,7-10,13,24H,5-6,11-12,14H2,(H,23,25). The maximum absolute atomic E-state index is 12.6. The zero-order valence-corrected chi connectivity index (χ0v) is 14.8. The topological polar surface area (TPSA) is 41.1 Å². The van der Waals surface area contributed by atoms with Crippen molar-refractivity contribution >= 4 is 28.9 Å². The van der Waals surface area contributed by atoms with Crippen molar-refractivity contribution in [1.29, 1.82) is 0 Å². The molecule has 1 fully saturated rings. The van der Waals surface area contributed by atoms with Gasteiger partial charge in [0.15, 0.2) is 0 Å². The molecule has 0 atom stereocenters. The Hall–Kier alpha value is -2.26. The number of carbonyl (C=O) groups excluding carboxylic acids is 1. The molecule has 3 nitrogen and oxygen atoms in total. The number of amides is 1. The molecular formula is C21H21ClN2O. The van der Waals surface area contributed by atoms with Crippen LogP contribution in [0.5, 0.6) is 0 Å². The van der Waals surface area contributed by atoms with Crippen molar-refractivity contribution in [2.75, 3.05) is 5.32 Å². The number of rotatable bonds is 2. The Bertz CT molecular complexity index is 837. The summed E-state index contributed by atoms with van der Waals surface area (Å²) in [7, 11) is 0. The molecule has 128 valence electrons. The van der Waals surface area contributed by atoms with Crippen LogP contribution in [0.1, 0.15) is 36.8 Å². The highest BCUT2D eigenvalue weighted by molar-refractivity contribution is 6.33. The maximum Gasteiger partial charge on any atom is 0.250 e. The van der Waals surface area contributed by atoms with Gasteiger partial charge in [-0.25, -0.2) is 0 Å². The summed E-state index contributed by atoms with van der Waals surface area (Å²) in [5.74, 6) is -0.166. The maximum atomic E-state index is 12.6. The highest BCUT2D eigenvalue weighted by Gasteiger charge is 2.38. The SMILES string of the molecule is O=C(C=C1NC2(CCCC2)Cc2ccccc21)Nc1ccccc1Cl. The molecule has 2 aliphatic rings. The Morgan fingerprint density at radius 3 is 2.60 bits per heavy atom. The monoisotopic (exact) mass is 352 g/mol. The van der Waals surface area contributed by atoms with Gasteiger partial charge in [-0.05, 0) is 37.0 Å². The molecule has 1 aliphatic heterocycles. The average molecular weight is 353 g/mol. The number of nitrogens with one attached hydrogen (secondary N) is 2. The van der Waals surface area contributed by atoms with Crippen molar-refractivity contribution in [3.63, 3.8) is 0 Å². The second kappa shape index (κ2) is 6.57. The number of halogens is 1. The Kier molecular flexibility index (Phi) is 4.26. The molecule has 1 aliphatic carbocycles. The van der Waals surface area contributed by atoms with Crippen molar-refractivity contribution in [2.45, 2.75) is 37.6 Å². The molecular weight excluding hydrogens is 332 g/mol. The van der Waals surface area contributed by atoms with Crippen LogP contribution < -0.4 is 10.6 Å². The van der Waals surface area contributed by atoms with Gasteiger partial charge in [0, 0.05) is 22.9 Å². The second-order valence-electron chi connectivity index (χ2n) is 6.97. The normalized spacial score (nSPS) is 19.5. The lowest BCUT2D eigenvalue weighted by atomic mass is 9.82.